The highest BCUT2D eigenvalue weighted by atomic mass is 16.3. The summed E-state index contributed by atoms with van der Waals surface area (Å²) in [5.74, 6) is 0.927. The third-order valence-corrected chi connectivity index (χ3v) is 3.96. The molecule has 0 spiro atoms. The molecule has 1 atom stereocenters. The standard InChI is InChI=1S/C15H20N4O/c20-11-14-8-4-5-9-18(14)10-15-17-16-12-19(15)13-6-2-1-3-7-13/h1-3,6-7,12,14,20H,4-5,8-11H2/t14-/m1/s1. The number of nitrogens with zero attached hydrogens (tertiary/aromatic N) is 4. The van der Waals surface area contributed by atoms with Gasteiger partial charge in [0.2, 0.25) is 0 Å². The molecular weight excluding hydrogens is 252 g/mol. The number of hydrogen-bond donors (Lipinski definition) is 1. The Kier molecular flexibility index (Phi) is 4.08. The molecule has 1 aromatic carbocycles. The Balaban J connectivity index is 1.80. The molecule has 1 aliphatic heterocycles. The number of para-hydroxylation sites is 1. The van der Waals surface area contributed by atoms with Gasteiger partial charge in [-0.05, 0) is 31.5 Å². The normalized spacial score (nSPS) is 20.1. The van der Waals surface area contributed by atoms with Crippen molar-refractivity contribution in [3.05, 3.63) is 42.5 Å². The second-order valence-corrected chi connectivity index (χ2v) is 5.26. The van der Waals surface area contributed by atoms with E-state index in [4.69, 9.17) is 0 Å². The fourth-order valence-electron chi connectivity index (χ4n) is 2.83. The van der Waals surface area contributed by atoms with E-state index >= 15 is 0 Å². The zero-order chi connectivity index (χ0) is 13.8. The van der Waals surface area contributed by atoms with Crippen LogP contribution in [0.4, 0.5) is 0 Å². The van der Waals surface area contributed by atoms with E-state index in [9.17, 15) is 5.11 Å². The lowest BCUT2D eigenvalue weighted by Gasteiger charge is -2.34. The summed E-state index contributed by atoms with van der Waals surface area (Å²) in [5.41, 5.74) is 1.07. The first-order chi connectivity index (χ1) is 9.88. The van der Waals surface area contributed by atoms with Crippen molar-refractivity contribution >= 4 is 0 Å². The molecule has 0 saturated carbocycles. The van der Waals surface area contributed by atoms with E-state index in [1.165, 1.54) is 12.8 Å². The summed E-state index contributed by atoms with van der Waals surface area (Å²) in [6.07, 6.45) is 5.21. The number of piperidine rings is 1. The van der Waals surface area contributed by atoms with Crippen molar-refractivity contribution < 1.29 is 5.11 Å². The third-order valence-electron chi connectivity index (χ3n) is 3.96. The molecule has 1 fully saturated rings. The number of aromatic nitrogens is 3. The Hall–Kier alpha value is -1.72. The molecule has 1 aromatic heterocycles. The zero-order valence-corrected chi connectivity index (χ0v) is 11.5. The summed E-state index contributed by atoms with van der Waals surface area (Å²) in [7, 11) is 0. The number of hydrogen-bond acceptors (Lipinski definition) is 4. The van der Waals surface area contributed by atoms with Crippen molar-refractivity contribution in [3.63, 3.8) is 0 Å². The van der Waals surface area contributed by atoms with Crippen LogP contribution in [0.2, 0.25) is 0 Å². The highest BCUT2D eigenvalue weighted by Crippen LogP contribution is 2.19. The van der Waals surface area contributed by atoms with Gasteiger partial charge in [-0.1, -0.05) is 24.6 Å². The topological polar surface area (TPSA) is 54.2 Å². The van der Waals surface area contributed by atoms with Gasteiger partial charge in [-0.3, -0.25) is 9.47 Å². The Morgan fingerprint density at radius 3 is 2.85 bits per heavy atom. The van der Waals surface area contributed by atoms with Crippen LogP contribution in [0.15, 0.2) is 36.7 Å². The molecule has 2 aromatic rings. The first kappa shape index (κ1) is 13.3. The minimum atomic E-state index is 0.222. The number of aliphatic hydroxyl groups is 1. The van der Waals surface area contributed by atoms with Gasteiger partial charge in [0.15, 0.2) is 5.82 Å². The molecule has 20 heavy (non-hydrogen) atoms. The highest BCUT2D eigenvalue weighted by molar-refractivity contribution is 5.31. The van der Waals surface area contributed by atoms with E-state index in [2.05, 4.69) is 15.1 Å². The summed E-state index contributed by atoms with van der Waals surface area (Å²) in [5, 5.41) is 17.8. The van der Waals surface area contributed by atoms with Crippen LogP contribution in [0.1, 0.15) is 25.1 Å². The fourth-order valence-corrected chi connectivity index (χ4v) is 2.83. The van der Waals surface area contributed by atoms with Gasteiger partial charge in [-0.25, -0.2) is 0 Å². The van der Waals surface area contributed by atoms with Crippen molar-refractivity contribution in [2.75, 3.05) is 13.2 Å². The first-order valence-electron chi connectivity index (χ1n) is 7.17. The molecular formula is C15H20N4O. The van der Waals surface area contributed by atoms with E-state index in [1.807, 2.05) is 34.9 Å². The molecule has 0 radical (unpaired) electrons. The molecule has 5 nitrogen and oxygen atoms in total. The second-order valence-electron chi connectivity index (χ2n) is 5.26. The van der Waals surface area contributed by atoms with Gasteiger partial charge in [0.05, 0.1) is 13.2 Å². The quantitative estimate of drug-likeness (QED) is 0.919. The van der Waals surface area contributed by atoms with Gasteiger partial charge in [0, 0.05) is 11.7 Å². The van der Waals surface area contributed by atoms with Gasteiger partial charge >= 0.3 is 0 Å². The van der Waals surface area contributed by atoms with E-state index in [-0.39, 0.29) is 12.6 Å². The smallest absolute Gasteiger partial charge is 0.151 e. The molecule has 1 aliphatic rings. The minimum Gasteiger partial charge on any atom is -0.395 e. The van der Waals surface area contributed by atoms with E-state index in [0.717, 1.165) is 31.0 Å². The third kappa shape index (κ3) is 2.73. The van der Waals surface area contributed by atoms with Crippen LogP contribution >= 0.6 is 0 Å². The molecule has 0 unspecified atom stereocenters. The van der Waals surface area contributed by atoms with Gasteiger partial charge in [-0.15, -0.1) is 10.2 Å². The average molecular weight is 272 g/mol. The Bertz CT molecular complexity index is 540. The van der Waals surface area contributed by atoms with Crippen molar-refractivity contribution in [2.45, 2.75) is 31.8 Å². The molecule has 2 heterocycles. The predicted molar refractivity (Wildman–Crippen MR) is 76.5 cm³/mol. The van der Waals surface area contributed by atoms with Gasteiger partial charge < -0.3 is 5.11 Å². The Morgan fingerprint density at radius 2 is 2.05 bits per heavy atom. The zero-order valence-electron chi connectivity index (χ0n) is 11.5. The lowest BCUT2D eigenvalue weighted by atomic mass is 10.0. The van der Waals surface area contributed by atoms with Crippen LogP contribution in [-0.2, 0) is 6.54 Å². The maximum Gasteiger partial charge on any atom is 0.151 e. The summed E-state index contributed by atoms with van der Waals surface area (Å²) in [6, 6.07) is 10.4. The van der Waals surface area contributed by atoms with Gasteiger partial charge in [0.25, 0.3) is 0 Å². The second kappa shape index (κ2) is 6.15. The number of benzene rings is 1. The van der Waals surface area contributed by atoms with Crippen molar-refractivity contribution in [3.8, 4) is 5.69 Å². The van der Waals surface area contributed by atoms with Crippen LogP contribution in [-0.4, -0.2) is 44.0 Å². The van der Waals surface area contributed by atoms with Crippen LogP contribution in [0, 0.1) is 0 Å². The maximum atomic E-state index is 9.49. The maximum absolute atomic E-state index is 9.49. The van der Waals surface area contributed by atoms with Gasteiger partial charge in [-0.2, -0.15) is 0 Å². The fraction of sp³-hybridized carbons (Fsp3) is 0.467. The Morgan fingerprint density at radius 1 is 1.20 bits per heavy atom. The van der Waals surface area contributed by atoms with Crippen molar-refractivity contribution in [1.82, 2.24) is 19.7 Å². The van der Waals surface area contributed by atoms with Crippen LogP contribution in [0.25, 0.3) is 5.69 Å². The summed E-state index contributed by atoms with van der Waals surface area (Å²) < 4.78 is 2.02. The van der Waals surface area contributed by atoms with E-state index < -0.39 is 0 Å². The molecule has 1 saturated heterocycles. The summed E-state index contributed by atoms with van der Waals surface area (Å²) in [6.45, 7) is 1.98. The van der Waals surface area contributed by atoms with Crippen LogP contribution in [0.3, 0.4) is 0 Å². The van der Waals surface area contributed by atoms with Crippen molar-refractivity contribution in [2.24, 2.45) is 0 Å². The predicted octanol–water partition coefficient (Wildman–Crippen LogP) is 1.61. The van der Waals surface area contributed by atoms with Crippen LogP contribution in [0.5, 0.6) is 0 Å². The molecule has 3 rings (SSSR count). The lowest BCUT2D eigenvalue weighted by molar-refractivity contribution is 0.0814. The molecule has 106 valence electrons. The monoisotopic (exact) mass is 272 g/mol. The summed E-state index contributed by atoms with van der Waals surface area (Å²) in [4.78, 5) is 2.31. The number of aliphatic hydroxyl groups excluding tert-OH is 1. The number of likely N-dealkylation sites (tertiary alicyclic amines) is 1. The lowest BCUT2D eigenvalue weighted by Crippen LogP contribution is -2.41. The summed E-state index contributed by atoms with van der Waals surface area (Å²) >= 11 is 0. The minimum absolute atomic E-state index is 0.222. The molecule has 0 amide bonds. The van der Waals surface area contributed by atoms with E-state index in [0.29, 0.717) is 0 Å². The highest BCUT2D eigenvalue weighted by Gasteiger charge is 2.23. The van der Waals surface area contributed by atoms with Crippen LogP contribution < -0.4 is 0 Å². The Labute approximate surface area is 118 Å². The van der Waals surface area contributed by atoms with E-state index in [1.54, 1.807) is 6.33 Å². The number of rotatable bonds is 4. The van der Waals surface area contributed by atoms with Crippen molar-refractivity contribution in [1.29, 1.82) is 0 Å². The molecule has 0 aliphatic carbocycles. The largest absolute Gasteiger partial charge is 0.395 e. The molecule has 1 N–H and O–H groups in total. The molecule has 0 bridgehead atoms. The SMILES string of the molecule is OC[C@H]1CCCCN1Cc1nncn1-c1ccccc1. The first-order valence-corrected chi connectivity index (χ1v) is 7.17. The van der Waals surface area contributed by atoms with Gasteiger partial charge in [0.1, 0.15) is 6.33 Å². The average Bonchev–Trinajstić information content (AvgIpc) is 2.97. The molecule has 5 heteroatoms.